The fourth-order valence-electron chi connectivity index (χ4n) is 3.42. The summed E-state index contributed by atoms with van der Waals surface area (Å²) in [6.07, 6.45) is 2.29. The smallest absolute Gasteiger partial charge is 0.131 e. The summed E-state index contributed by atoms with van der Waals surface area (Å²) in [6, 6.07) is 13.8. The summed E-state index contributed by atoms with van der Waals surface area (Å²) in [5.74, 6) is -0.161. The van der Waals surface area contributed by atoms with Gasteiger partial charge in [-0.3, -0.25) is 4.90 Å². The monoisotopic (exact) mass is 312 g/mol. The van der Waals surface area contributed by atoms with Crippen LogP contribution >= 0.6 is 0 Å². The lowest BCUT2D eigenvalue weighted by Gasteiger charge is -2.28. The van der Waals surface area contributed by atoms with E-state index in [0.29, 0.717) is 11.6 Å². The lowest BCUT2D eigenvalue weighted by Crippen LogP contribution is -2.37. The van der Waals surface area contributed by atoms with Gasteiger partial charge in [0.1, 0.15) is 5.82 Å². The molecule has 2 aromatic carbocycles. The Balaban J connectivity index is 1.95. The lowest BCUT2D eigenvalue weighted by atomic mass is 10.0. The molecule has 3 rings (SSSR count). The Labute approximate surface area is 138 Å². The van der Waals surface area contributed by atoms with E-state index in [1.54, 1.807) is 6.07 Å². The number of rotatable bonds is 4. The molecule has 2 aromatic rings. The fraction of sp³-hybridized carbons (Fsp3) is 0.400. The van der Waals surface area contributed by atoms with Crippen LogP contribution in [0.4, 0.5) is 10.1 Å². The van der Waals surface area contributed by atoms with E-state index in [2.05, 4.69) is 36.2 Å². The maximum absolute atomic E-state index is 14.1. The number of fused-ring (bicyclic) bond motifs is 1. The van der Waals surface area contributed by atoms with Gasteiger partial charge in [0.2, 0.25) is 0 Å². The molecule has 0 aromatic heterocycles. The van der Waals surface area contributed by atoms with E-state index in [9.17, 15) is 4.39 Å². The largest absolute Gasteiger partial charge is 0.383 e. The fourth-order valence-corrected chi connectivity index (χ4v) is 3.42. The van der Waals surface area contributed by atoms with Crippen LogP contribution < -0.4 is 5.32 Å². The molecule has 1 aliphatic heterocycles. The second-order valence-electron chi connectivity index (χ2n) is 6.27. The molecule has 0 saturated heterocycles. The van der Waals surface area contributed by atoms with E-state index in [1.165, 1.54) is 17.3 Å². The van der Waals surface area contributed by atoms with Crippen LogP contribution in [0.5, 0.6) is 0 Å². The normalized spacial score (nSPS) is 18.1. The van der Waals surface area contributed by atoms with Crippen molar-refractivity contribution >= 4 is 5.69 Å². The molecule has 122 valence electrons. The minimum atomic E-state index is -0.161. The number of anilines is 1. The molecule has 1 aliphatic rings. The molecule has 3 heteroatoms. The summed E-state index contributed by atoms with van der Waals surface area (Å²) >= 11 is 0. The molecule has 23 heavy (non-hydrogen) atoms. The molecular weight excluding hydrogens is 287 g/mol. The van der Waals surface area contributed by atoms with Gasteiger partial charge in [-0.2, -0.15) is 0 Å². The number of hydrogen-bond donors (Lipinski definition) is 1. The first-order valence-corrected chi connectivity index (χ1v) is 8.58. The van der Waals surface area contributed by atoms with Crippen LogP contribution in [0, 0.1) is 5.82 Å². The highest BCUT2D eigenvalue weighted by molar-refractivity contribution is 5.69. The molecule has 0 amide bonds. The van der Waals surface area contributed by atoms with Crippen LogP contribution in [0.25, 0.3) is 11.1 Å². The van der Waals surface area contributed by atoms with Gasteiger partial charge in [0.15, 0.2) is 0 Å². The van der Waals surface area contributed by atoms with E-state index in [1.807, 2.05) is 18.2 Å². The van der Waals surface area contributed by atoms with Gasteiger partial charge in [-0.15, -0.1) is 0 Å². The van der Waals surface area contributed by atoms with Crippen molar-refractivity contribution in [2.75, 3.05) is 18.4 Å². The molecule has 1 N–H and O–H groups in total. The van der Waals surface area contributed by atoms with E-state index >= 15 is 0 Å². The van der Waals surface area contributed by atoms with Gasteiger partial charge in [-0.05, 0) is 48.7 Å². The molecule has 0 aliphatic carbocycles. The molecule has 0 radical (unpaired) electrons. The molecule has 0 fully saturated rings. The highest BCUT2D eigenvalue weighted by Crippen LogP contribution is 2.30. The highest BCUT2D eigenvalue weighted by atomic mass is 19.1. The van der Waals surface area contributed by atoms with Crippen molar-refractivity contribution in [1.29, 1.82) is 0 Å². The maximum atomic E-state index is 14.1. The zero-order chi connectivity index (χ0) is 16.2. The number of halogens is 1. The molecule has 1 heterocycles. The minimum Gasteiger partial charge on any atom is -0.383 e. The van der Waals surface area contributed by atoms with Crippen LogP contribution in [0.15, 0.2) is 42.5 Å². The van der Waals surface area contributed by atoms with E-state index in [0.717, 1.165) is 38.0 Å². The van der Waals surface area contributed by atoms with Crippen LogP contribution in [0.2, 0.25) is 0 Å². The van der Waals surface area contributed by atoms with Gasteiger partial charge < -0.3 is 5.32 Å². The van der Waals surface area contributed by atoms with Crippen LogP contribution in [-0.4, -0.2) is 24.0 Å². The number of benzene rings is 2. The molecule has 2 nitrogen and oxygen atoms in total. The van der Waals surface area contributed by atoms with Crippen molar-refractivity contribution in [3.05, 3.63) is 53.8 Å². The molecule has 0 bridgehead atoms. The summed E-state index contributed by atoms with van der Waals surface area (Å²) < 4.78 is 14.1. The SMILES string of the molecule is CCCN1Cc2cc(-c3ccccc3F)ccc2NCC1CC. The Bertz CT molecular complexity index is 668. The molecular formula is C20H25FN2. The quantitative estimate of drug-likeness (QED) is 0.863. The third-order valence-corrected chi connectivity index (χ3v) is 4.69. The van der Waals surface area contributed by atoms with Gasteiger partial charge in [-0.25, -0.2) is 4.39 Å². The van der Waals surface area contributed by atoms with Crippen molar-refractivity contribution in [1.82, 2.24) is 4.90 Å². The Morgan fingerprint density at radius 1 is 1.17 bits per heavy atom. The van der Waals surface area contributed by atoms with Crippen molar-refractivity contribution in [3.63, 3.8) is 0 Å². The zero-order valence-electron chi connectivity index (χ0n) is 14.0. The van der Waals surface area contributed by atoms with E-state index in [-0.39, 0.29) is 5.82 Å². The Kier molecular flexibility index (Phi) is 4.97. The van der Waals surface area contributed by atoms with Gasteiger partial charge in [0.25, 0.3) is 0 Å². The first kappa shape index (κ1) is 16.0. The van der Waals surface area contributed by atoms with Crippen LogP contribution in [0.1, 0.15) is 32.3 Å². The van der Waals surface area contributed by atoms with Crippen molar-refractivity contribution in [2.24, 2.45) is 0 Å². The summed E-state index contributed by atoms with van der Waals surface area (Å²) in [6.45, 7) is 7.47. The van der Waals surface area contributed by atoms with E-state index in [4.69, 9.17) is 0 Å². The molecule has 1 atom stereocenters. The second kappa shape index (κ2) is 7.14. The zero-order valence-corrected chi connectivity index (χ0v) is 14.0. The van der Waals surface area contributed by atoms with Gasteiger partial charge in [-0.1, -0.05) is 38.1 Å². The summed E-state index contributed by atoms with van der Waals surface area (Å²) in [4.78, 5) is 2.55. The van der Waals surface area contributed by atoms with Crippen molar-refractivity contribution in [3.8, 4) is 11.1 Å². The first-order chi connectivity index (χ1) is 11.2. The average Bonchev–Trinajstić information content (AvgIpc) is 2.74. The standard InChI is InChI=1S/C20H25FN2/c1-3-11-23-14-16-12-15(18-7-5-6-8-19(18)21)9-10-20(16)22-13-17(23)4-2/h5-10,12,17,22H,3-4,11,13-14H2,1-2H3. The Morgan fingerprint density at radius 2 is 2.00 bits per heavy atom. The third-order valence-electron chi connectivity index (χ3n) is 4.69. The van der Waals surface area contributed by atoms with Crippen LogP contribution in [-0.2, 0) is 6.54 Å². The van der Waals surface area contributed by atoms with E-state index < -0.39 is 0 Å². The topological polar surface area (TPSA) is 15.3 Å². The predicted molar refractivity (Wildman–Crippen MR) is 95.1 cm³/mol. The van der Waals surface area contributed by atoms with Crippen molar-refractivity contribution in [2.45, 2.75) is 39.3 Å². The number of nitrogens with zero attached hydrogens (tertiary/aromatic N) is 1. The third kappa shape index (κ3) is 3.40. The number of hydrogen-bond acceptors (Lipinski definition) is 2. The number of nitrogens with one attached hydrogen (secondary N) is 1. The summed E-state index contributed by atoms with van der Waals surface area (Å²) in [7, 11) is 0. The Morgan fingerprint density at radius 3 is 2.74 bits per heavy atom. The average molecular weight is 312 g/mol. The molecule has 0 spiro atoms. The maximum Gasteiger partial charge on any atom is 0.131 e. The van der Waals surface area contributed by atoms with Gasteiger partial charge in [0, 0.05) is 30.4 Å². The first-order valence-electron chi connectivity index (χ1n) is 8.58. The van der Waals surface area contributed by atoms with Crippen molar-refractivity contribution < 1.29 is 4.39 Å². The second-order valence-corrected chi connectivity index (χ2v) is 6.27. The molecule has 0 saturated carbocycles. The summed E-state index contributed by atoms with van der Waals surface area (Å²) in [5.41, 5.74) is 4.07. The predicted octanol–water partition coefficient (Wildman–Crippen LogP) is 4.91. The van der Waals surface area contributed by atoms with Gasteiger partial charge in [0.05, 0.1) is 0 Å². The lowest BCUT2D eigenvalue weighted by molar-refractivity contribution is 0.194. The van der Waals surface area contributed by atoms with Crippen LogP contribution in [0.3, 0.4) is 0 Å². The Hall–Kier alpha value is -1.87. The highest BCUT2D eigenvalue weighted by Gasteiger charge is 2.22. The summed E-state index contributed by atoms with van der Waals surface area (Å²) in [5, 5.41) is 3.57. The van der Waals surface area contributed by atoms with Gasteiger partial charge >= 0.3 is 0 Å². The molecule has 1 unspecified atom stereocenters. The minimum absolute atomic E-state index is 0.161.